The van der Waals surface area contributed by atoms with E-state index in [1.165, 1.54) is 0 Å². The molecule has 0 aliphatic rings. The van der Waals surface area contributed by atoms with Gasteiger partial charge >= 0.3 is 8.60 Å². The van der Waals surface area contributed by atoms with E-state index < -0.39 is 8.60 Å². The monoisotopic (exact) mass is 466 g/mol. The molecule has 0 aliphatic carbocycles. The first-order valence-corrected chi connectivity index (χ1v) is 9.77. The zero-order valence-corrected chi connectivity index (χ0v) is 16.5. The van der Waals surface area contributed by atoms with Gasteiger partial charge in [0.05, 0.1) is 0 Å². The van der Waals surface area contributed by atoms with Crippen molar-refractivity contribution in [2.45, 2.75) is 0 Å². The molecule has 0 spiro atoms. The number of benzene rings is 3. The molecular weight excluding hydrogens is 455 g/mol. The highest BCUT2D eigenvalue weighted by Gasteiger charge is 2.19. The van der Waals surface area contributed by atoms with Gasteiger partial charge in [0.1, 0.15) is 17.2 Å². The molecule has 3 nitrogen and oxygen atoms in total. The lowest BCUT2D eigenvalue weighted by molar-refractivity contribution is 0.388. The molecule has 0 bridgehead atoms. The third kappa shape index (κ3) is 5.23. The van der Waals surface area contributed by atoms with Crippen molar-refractivity contribution in [1.82, 2.24) is 0 Å². The molecule has 6 heteroatoms. The Bertz CT molecular complexity index is 717. The molecule has 24 heavy (non-hydrogen) atoms. The lowest BCUT2D eigenvalue weighted by Gasteiger charge is -2.18. The van der Waals surface area contributed by atoms with Gasteiger partial charge in [-0.05, 0) is 60.7 Å². The molecule has 3 aromatic carbocycles. The Hall–Kier alpha value is -1.55. The fraction of sp³-hybridized carbons (Fsp3) is 0. The van der Waals surface area contributed by atoms with E-state index in [1.807, 2.05) is 78.9 Å². The lowest BCUT2D eigenvalue weighted by Crippen LogP contribution is -2.02. The van der Waals surface area contributed by atoms with Crippen LogP contribution in [0.1, 0.15) is 0 Å². The summed E-state index contributed by atoms with van der Waals surface area (Å²) in [7, 11) is -1.64. The second kappa shape index (κ2) is 8.52. The Labute approximate surface area is 158 Å². The van der Waals surface area contributed by atoms with Gasteiger partial charge < -0.3 is 13.6 Å². The molecule has 0 heterocycles. The second-order valence-corrected chi connectivity index (χ2v) is 7.54. The Balaban J connectivity index is 1.76. The molecule has 0 radical (unpaired) electrons. The smallest absolute Gasteiger partial charge is 0.409 e. The fourth-order valence-corrected chi connectivity index (χ4v) is 3.31. The van der Waals surface area contributed by atoms with E-state index in [0.29, 0.717) is 17.2 Å². The van der Waals surface area contributed by atoms with Crippen LogP contribution in [0.15, 0.2) is 87.8 Å². The highest BCUT2D eigenvalue weighted by atomic mass is 79.9. The van der Waals surface area contributed by atoms with Crippen LogP contribution in [0.2, 0.25) is 0 Å². The largest absolute Gasteiger partial charge is 0.530 e. The quantitative estimate of drug-likeness (QED) is 0.366. The fourth-order valence-electron chi connectivity index (χ4n) is 1.79. The van der Waals surface area contributed by atoms with Crippen LogP contribution in [0.25, 0.3) is 0 Å². The minimum atomic E-state index is -1.64. The van der Waals surface area contributed by atoms with Crippen molar-refractivity contribution in [3.63, 3.8) is 0 Å². The van der Waals surface area contributed by atoms with Crippen LogP contribution in [0, 0.1) is 0 Å². The summed E-state index contributed by atoms with van der Waals surface area (Å²) in [6, 6.07) is 24.5. The maximum absolute atomic E-state index is 5.90. The van der Waals surface area contributed by atoms with Gasteiger partial charge in [-0.2, -0.15) is 0 Å². The second-order valence-electron chi connectivity index (χ2n) is 4.72. The van der Waals surface area contributed by atoms with Crippen LogP contribution >= 0.6 is 40.5 Å². The van der Waals surface area contributed by atoms with Crippen molar-refractivity contribution < 1.29 is 13.6 Å². The van der Waals surface area contributed by atoms with Crippen LogP contribution in [0.4, 0.5) is 0 Å². The van der Waals surface area contributed by atoms with E-state index >= 15 is 0 Å². The van der Waals surface area contributed by atoms with Gasteiger partial charge in [0.2, 0.25) is 0 Å². The SMILES string of the molecule is Brc1ccc(OP(Oc2ccccc2)Oc2ccc(Br)cc2)cc1. The topological polar surface area (TPSA) is 27.7 Å². The van der Waals surface area contributed by atoms with Crippen LogP contribution in [-0.2, 0) is 0 Å². The van der Waals surface area contributed by atoms with Crippen LogP contribution in [0.3, 0.4) is 0 Å². The summed E-state index contributed by atoms with van der Waals surface area (Å²) in [5.74, 6) is 2.05. The number of hydrogen-bond acceptors (Lipinski definition) is 3. The molecule has 0 saturated carbocycles. The Kier molecular flexibility index (Phi) is 6.13. The standard InChI is InChI=1S/C18H13Br2O3P/c19-14-6-10-17(11-7-14)22-24(21-16-4-2-1-3-5-16)23-18-12-8-15(20)9-13-18/h1-13H. The molecule has 3 aromatic rings. The Morgan fingerprint density at radius 3 is 1.29 bits per heavy atom. The van der Waals surface area contributed by atoms with Crippen LogP contribution < -0.4 is 13.6 Å². The number of halogens is 2. The van der Waals surface area contributed by atoms with E-state index in [2.05, 4.69) is 31.9 Å². The zero-order valence-electron chi connectivity index (χ0n) is 12.4. The van der Waals surface area contributed by atoms with E-state index in [1.54, 1.807) is 0 Å². The predicted octanol–water partition coefficient (Wildman–Crippen LogP) is 6.98. The summed E-state index contributed by atoms with van der Waals surface area (Å²) in [6.45, 7) is 0. The third-order valence-corrected chi connectivity index (χ3v) is 5.05. The molecule has 0 atom stereocenters. The molecule has 0 unspecified atom stereocenters. The van der Waals surface area contributed by atoms with E-state index in [9.17, 15) is 0 Å². The normalized spacial score (nSPS) is 10.5. The predicted molar refractivity (Wildman–Crippen MR) is 104 cm³/mol. The molecule has 0 aromatic heterocycles. The highest BCUT2D eigenvalue weighted by molar-refractivity contribution is 9.10. The number of para-hydroxylation sites is 1. The molecule has 0 amide bonds. The minimum absolute atomic E-state index is 0.678. The van der Waals surface area contributed by atoms with Gasteiger partial charge in [-0.25, -0.2) is 0 Å². The number of hydrogen-bond donors (Lipinski definition) is 0. The molecule has 0 fully saturated rings. The Morgan fingerprint density at radius 2 is 0.875 bits per heavy atom. The first-order valence-electron chi connectivity index (χ1n) is 7.09. The average Bonchev–Trinajstić information content (AvgIpc) is 2.60. The summed E-state index contributed by atoms with van der Waals surface area (Å²) in [5, 5.41) is 0. The van der Waals surface area contributed by atoms with Gasteiger partial charge in [0, 0.05) is 8.95 Å². The van der Waals surface area contributed by atoms with Crippen molar-refractivity contribution in [2.24, 2.45) is 0 Å². The lowest BCUT2D eigenvalue weighted by atomic mass is 10.3. The molecule has 3 rings (SSSR count). The van der Waals surface area contributed by atoms with Gasteiger partial charge in [-0.1, -0.05) is 50.1 Å². The molecule has 0 saturated heterocycles. The van der Waals surface area contributed by atoms with Gasteiger partial charge in [-0.15, -0.1) is 0 Å². The van der Waals surface area contributed by atoms with Gasteiger partial charge in [-0.3, -0.25) is 0 Å². The maximum atomic E-state index is 5.90. The summed E-state index contributed by atoms with van der Waals surface area (Å²) in [6.07, 6.45) is 0. The van der Waals surface area contributed by atoms with Crippen molar-refractivity contribution in [2.75, 3.05) is 0 Å². The maximum Gasteiger partial charge on any atom is 0.530 e. The van der Waals surface area contributed by atoms with Gasteiger partial charge in [0.15, 0.2) is 0 Å². The highest BCUT2D eigenvalue weighted by Crippen LogP contribution is 2.42. The minimum Gasteiger partial charge on any atom is -0.409 e. The summed E-state index contributed by atoms with van der Waals surface area (Å²) in [4.78, 5) is 0. The van der Waals surface area contributed by atoms with Gasteiger partial charge in [0.25, 0.3) is 0 Å². The Morgan fingerprint density at radius 1 is 0.500 bits per heavy atom. The van der Waals surface area contributed by atoms with E-state index in [0.717, 1.165) is 8.95 Å². The first kappa shape index (κ1) is 17.3. The first-order chi connectivity index (χ1) is 11.7. The molecule has 122 valence electrons. The van der Waals surface area contributed by atoms with E-state index in [4.69, 9.17) is 13.6 Å². The van der Waals surface area contributed by atoms with Crippen LogP contribution in [-0.4, -0.2) is 0 Å². The van der Waals surface area contributed by atoms with Crippen molar-refractivity contribution >= 4 is 40.5 Å². The summed E-state index contributed by atoms with van der Waals surface area (Å²) >= 11 is 6.82. The van der Waals surface area contributed by atoms with Crippen molar-refractivity contribution in [3.8, 4) is 17.2 Å². The van der Waals surface area contributed by atoms with Crippen molar-refractivity contribution in [1.29, 1.82) is 0 Å². The van der Waals surface area contributed by atoms with E-state index in [-0.39, 0.29) is 0 Å². The number of rotatable bonds is 6. The summed E-state index contributed by atoms with van der Waals surface area (Å²) < 4.78 is 19.6. The molecule has 0 aliphatic heterocycles. The van der Waals surface area contributed by atoms with Crippen LogP contribution in [0.5, 0.6) is 17.2 Å². The summed E-state index contributed by atoms with van der Waals surface area (Å²) in [5.41, 5.74) is 0. The van der Waals surface area contributed by atoms with Crippen molar-refractivity contribution in [3.05, 3.63) is 87.8 Å². The molecular formula is C18H13Br2O3P. The zero-order chi connectivity index (χ0) is 16.8. The average molecular weight is 468 g/mol. The third-order valence-electron chi connectivity index (χ3n) is 2.91. The molecule has 0 N–H and O–H groups in total.